The Kier molecular flexibility index (Phi) is 7.93. The van der Waals surface area contributed by atoms with Gasteiger partial charge >= 0.3 is 17.9 Å². The first-order valence-electron chi connectivity index (χ1n) is 14.7. The van der Waals surface area contributed by atoms with Crippen LogP contribution in [0.15, 0.2) is 104 Å². The summed E-state index contributed by atoms with van der Waals surface area (Å²) in [7, 11) is 0. The molecule has 12 heteroatoms. The second-order valence-corrected chi connectivity index (χ2v) is 11.4. The number of esters is 3. The number of ether oxygens (including phenoxy) is 4. The standard InChI is InChI=1S/C34H27ClN4O7/c35-28-26-29(37-19-36-28)39(20-38-26)33-34(24-16-17-24,46-32(42)23-14-8-3-9-15-23)27(45-31(41)22-12-6-2-7-13-22)25(44-33)18-43-30(40)21-10-4-1-5-11-21/h1-15,19-20,24-25,27,33H,16-18H2/t25-,27-,33-,34-/m1/s1. The molecule has 0 unspecified atom stereocenters. The van der Waals surface area contributed by atoms with Gasteiger partial charge in [-0.1, -0.05) is 66.2 Å². The molecule has 1 saturated carbocycles. The lowest BCUT2D eigenvalue weighted by atomic mass is 9.87. The maximum absolute atomic E-state index is 13.9. The van der Waals surface area contributed by atoms with Gasteiger partial charge in [-0.2, -0.15) is 0 Å². The van der Waals surface area contributed by atoms with Crippen LogP contribution in [0.2, 0.25) is 5.15 Å². The monoisotopic (exact) mass is 638 g/mol. The highest BCUT2D eigenvalue weighted by atomic mass is 35.5. The predicted octanol–water partition coefficient (Wildman–Crippen LogP) is 5.47. The number of imidazole rings is 1. The fourth-order valence-corrected chi connectivity index (χ4v) is 6.05. The lowest BCUT2D eigenvalue weighted by Crippen LogP contribution is -2.54. The van der Waals surface area contributed by atoms with Gasteiger partial charge in [-0.25, -0.2) is 29.3 Å². The minimum Gasteiger partial charge on any atom is -0.459 e. The number of rotatable bonds is 9. The summed E-state index contributed by atoms with van der Waals surface area (Å²) in [5.41, 5.74) is -0.0196. The number of carbonyl (C=O) groups is 3. The van der Waals surface area contributed by atoms with Crippen molar-refractivity contribution < 1.29 is 33.3 Å². The summed E-state index contributed by atoms with van der Waals surface area (Å²) < 4.78 is 26.7. The summed E-state index contributed by atoms with van der Waals surface area (Å²) in [5, 5.41) is 0.125. The van der Waals surface area contributed by atoms with Crippen molar-refractivity contribution in [1.82, 2.24) is 19.5 Å². The van der Waals surface area contributed by atoms with Crippen LogP contribution < -0.4 is 0 Å². The molecule has 0 radical (unpaired) electrons. The lowest BCUT2D eigenvalue weighted by Gasteiger charge is -2.38. The van der Waals surface area contributed by atoms with Crippen molar-refractivity contribution >= 4 is 40.7 Å². The Morgan fingerprint density at radius 1 is 0.804 bits per heavy atom. The van der Waals surface area contributed by atoms with Crippen LogP contribution in [0, 0.1) is 5.92 Å². The highest BCUT2D eigenvalue weighted by Gasteiger charge is 2.69. The van der Waals surface area contributed by atoms with E-state index >= 15 is 0 Å². The van der Waals surface area contributed by atoms with E-state index < -0.39 is 41.9 Å². The Balaban J connectivity index is 1.34. The maximum Gasteiger partial charge on any atom is 0.338 e. The molecule has 4 atom stereocenters. The first-order chi connectivity index (χ1) is 22.5. The lowest BCUT2D eigenvalue weighted by molar-refractivity contribution is -0.131. The molecule has 2 aliphatic rings. The summed E-state index contributed by atoms with van der Waals surface area (Å²) in [5.74, 6) is -2.17. The van der Waals surface area contributed by atoms with Crippen LogP contribution in [-0.2, 0) is 18.9 Å². The first kappa shape index (κ1) is 29.6. The highest BCUT2D eigenvalue weighted by molar-refractivity contribution is 6.33. The third-order valence-corrected chi connectivity index (χ3v) is 8.44. The third kappa shape index (κ3) is 5.48. The van der Waals surface area contributed by atoms with Gasteiger partial charge in [0.25, 0.3) is 0 Å². The minimum absolute atomic E-state index is 0.125. The molecule has 0 N–H and O–H groups in total. The van der Waals surface area contributed by atoms with Crippen LogP contribution in [0.4, 0.5) is 0 Å². The summed E-state index contributed by atoms with van der Waals surface area (Å²) in [6.45, 7) is -0.309. The maximum atomic E-state index is 13.9. The van der Waals surface area contributed by atoms with E-state index in [0.717, 1.165) is 0 Å². The molecule has 0 spiro atoms. The summed E-state index contributed by atoms with van der Waals surface area (Å²) in [6.07, 6.45) is 0.710. The average Bonchev–Trinajstić information content (AvgIpc) is 3.80. The molecule has 11 nitrogen and oxygen atoms in total. The summed E-state index contributed by atoms with van der Waals surface area (Å²) in [4.78, 5) is 53.4. The van der Waals surface area contributed by atoms with Gasteiger partial charge < -0.3 is 18.9 Å². The second kappa shape index (κ2) is 12.3. The number of nitrogens with zero attached hydrogens (tertiary/aromatic N) is 4. The van der Waals surface area contributed by atoms with Crippen molar-refractivity contribution in [3.05, 3.63) is 125 Å². The van der Waals surface area contributed by atoms with Gasteiger partial charge in [-0.05, 0) is 49.2 Å². The number of hydrogen-bond acceptors (Lipinski definition) is 10. The first-order valence-corrected chi connectivity index (χ1v) is 15.1. The molecular formula is C34H27ClN4O7. The zero-order valence-electron chi connectivity index (χ0n) is 24.3. The smallest absolute Gasteiger partial charge is 0.338 e. The van der Waals surface area contributed by atoms with E-state index in [9.17, 15) is 14.4 Å². The predicted molar refractivity (Wildman–Crippen MR) is 164 cm³/mol. The second-order valence-electron chi connectivity index (χ2n) is 11.1. The van der Waals surface area contributed by atoms with E-state index in [1.165, 1.54) is 12.7 Å². The van der Waals surface area contributed by atoms with Crippen molar-refractivity contribution in [2.45, 2.75) is 36.9 Å². The average molecular weight is 639 g/mol. The molecule has 1 aliphatic heterocycles. The van der Waals surface area contributed by atoms with Crippen LogP contribution in [-0.4, -0.2) is 61.8 Å². The van der Waals surface area contributed by atoms with Gasteiger partial charge in [0.2, 0.25) is 0 Å². The van der Waals surface area contributed by atoms with Gasteiger partial charge in [-0.3, -0.25) is 4.57 Å². The zero-order chi connectivity index (χ0) is 31.7. The molecule has 2 fully saturated rings. The van der Waals surface area contributed by atoms with E-state index in [1.54, 1.807) is 95.6 Å². The molecule has 46 heavy (non-hydrogen) atoms. The Hall–Kier alpha value is -5.13. The van der Waals surface area contributed by atoms with Crippen LogP contribution in [0.1, 0.15) is 50.1 Å². The minimum atomic E-state index is -1.58. The number of hydrogen-bond donors (Lipinski definition) is 0. The van der Waals surface area contributed by atoms with Crippen LogP contribution in [0.3, 0.4) is 0 Å². The van der Waals surface area contributed by atoms with Crippen molar-refractivity contribution in [1.29, 1.82) is 0 Å². The van der Waals surface area contributed by atoms with E-state index in [-0.39, 0.29) is 23.2 Å². The van der Waals surface area contributed by atoms with Crippen LogP contribution >= 0.6 is 11.6 Å². The zero-order valence-corrected chi connectivity index (χ0v) is 25.0. The van der Waals surface area contributed by atoms with Crippen LogP contribution in [0.25, 0.3) is 11.2 Å². The van der Waals surface area contributed by atoms with Gasteiger partial charge in [0, 0.05) is 5.92 Å². The SMILES string of the molecule is O=C(OC[C@H]1O[C@@H](n2cnc3c(Cl)ncnc32)[C@@](OC(=O)c2ccccc2)(C2CC2)[C@@H]1OC(=O)c1ccccc1)c1ccccc1. The fraction of sp³-hybridized carbons (Fsp3) is 0.235. The molecule has 0 bridgehead atoms. The molecule has 3 aromatic carbocycles. The van der Waals surface area contributed by atoms with Crippen LogP contribution in [0.5, 0.6) is 0 Å². The molecule has 7 rings (SSSR count). The van der Waals surface area contributed by atoms with Gasteiger partial charge in [0.1, 0.15) is 24.6 Å². The van der Waals surface area contributed by atoms with E-state index in [1.807, 2.05) is 0 Å². The van der Waals surface area contributed by atoms with Crippen molar-refractivity contribution in [2.24, 2.45) is 5.92 Å². The van der Waals surface area contributed by atoms with E-state index in [4.69, 9.17) is 30.5 Å². The van der Waals surface area contributed by atoms with Crippen molar-refractivity contribution in [3.63, 3.8) is 0 Å². The Labute approximate surface area is 268 Å². The largest absolute Gasteiger partial charge is 0.459 e. The van der Waals surface area contributed by atoms with E-state index in [2.05, 4.69) is 15.0 Å². The third-order valence-electron chi connectivity index (χ3n) is 8.16. The fourth-order valence-electron chi connectivity index (χ4n) is 5.87. The quantitative estimate of drug-likeness (QED) is 0.116. The number of fused-ring (bicyclic) bond motifs is 1. The Morgan fingerprint density at radius 2 is 1.39 bits per heavy atom. The summed E-state index contributed by atoms with van der Waals surface area (Å²) in [6, 6.07) is 25.5. The normalized spacial score (nSPS) is 22.3. The molecule has 1 saturated heterocycles. The van der Waals surface area contributed by atoms with Gasteiger partial charge in [0.15, 0.2) is 28.7 Å². The van der Waals surface area contributed by atoms with E-state index in [0.29, 0.717) is 35.1 Å². The summed E-state index contributed by atoms with van der Waals surface area (Å²) >= 11 is 6.34. The molecule has 3 heterocycles. The number of aromatic nitrogens is 4. The van der Waals surface area contributed by atoms with Crippen molar-refractivity contribution in [3.8, 4) is 0 Å². The molecule has 232 valence electrons. The highest BCUT2D eigenvalue weighted by Crippen LogP contribution is 2.57. The topological polar surface area (TPSA) is 132 Å². The van der Waals surface area contributed by atoms with Crippen molar-refractivity contribution in [2.75, 3.05) is 6.61 Å². The Morgan fingerprint density at radius 3 is 2.00 bits per heavy atom. The molecule has 0 amide bonds. The van der Waals surface area contributed by atoms with Gasteiger partial charge in [-0.15, -0.1) is 0 Å². The Bertz CT molecular complexity index is 1890. The molecule has 2 aromatic heterocycles. The van der Waals surface area contributed by atoms with Gasteiger partial charge in [0.05, 0.1) is 23.0 Å². The molecule has 5 aromatic rings. The molecule has 1 aliphatic carbocycles. The molecular weight excluding hydrogens is 612 g/mol. The number of halogens is 1. The number of carbonyl (C=O) groups excluding carboxylic acids is 3. The number of benzene rings is 3.